The molecule has 0 atom stereocenters. The number of amides is 3. The number of piperazine rings is 1. The van der Waals surface area contributed by atoms with Crippen LogP contribution in [0.3, 0.4) is 0 Å². The molecule has 0 spiro atoms. The quantitative estimate of drug-likeness (QED) is 0.816. The third-order valence-electron chi connectivity index (χ3n) is 4.59. The number of rotatable bonds is 6. The minimum atomic E-state index is -0.127. The second-order valence-electron chi connectivity index (χ2n) is 6.72. The number of nitrogens with zero attached hydrogens (tertiary/aromatic N) is 3. The number of anilines is 1. The second-order valence-corrected chi connectivity index (χ2v) is 6.72. The van der Waals surface area contributed by atoms with Crippen molar-refractivity contribution in [1.29, 1.82) is 0 Å². The molecule has 0 aromatic heterocycles. The van der Waals surface area contributed by atoms with Crippen LogP contribution in [0.2, 0.25) is 0 Å². The molecule has 1 heterocycles. The normalized spacial score (nSPS) is 14.1. The average Bonchev–Trinajstić information content (AvgIpc) is 2.64. The van der Waals surface area contributed by atoms with Crippen molar-refractivity contribution in [2.75, 3.05) is 45.2 Å². The van der Waals surface area contributed by atoms with Crippen molar-refractivity contribution in [3.8, 4) is 0 Å². The molecule has 1 aromatic rings. The molecule has 1 saturated heterocycles. The summed E-state index contributed by atoms with van der Waals surface area (Å²) < 4.78 is 0. The third-order valence-corrected chi connectivity index (χ3v) is 4.59. The first-order valence-corrected chi connectivity index (χ1v) is 8.93. The SMILES string of the molecule is CC(=O)N1CCN(C(=O)CCC(=O)NCc2ccc(N(C)C)cc2)CC1. The Bertz CT molecular complexity index is 635. The summed E-state index contributed by atoms with van der Waals surface area (Å²) in [6.45, 7) is 4.21. The number of hydrogen-bond acceptors (Lipinski definition) is 4. The van der Waals surface area contributed by atoms with Crippen LogP contribution in [0, 0.1) is 0 Å². The predicted octanol–water partition coefficient (Wildman–Crippen LogP) is 0.840. The zero-order valence-corrected chi connectivity index (χ0v) is 15.8. The van der Waals surface area contributed by atoms with Gasteiger partial charge in [0.1, 0.15) is 0 Å². The fourth-order valence-corrected chi connectivity index (χ4v) is 2.85. The van der Waals surface area contributed by atoms with Gasteiger partial charge in [-0.25, -0.2) is 0 Å². The molecule has 0 radical (unpaired) electrons. The van der Waals surface area contributed by atoms with E-state index in [0.29, 0.717) is 32.7 Å². The molecule has 2 rings (SSSR count). The van der Waals surface area contributed by atoms with Gasteiger partial charge in [0, 0.05) is 72.3 Å². The lowest BCUT2D eigenvalue weighted by molar-refractivity contribution is -0.139. The number of nitrogens with one attached hydrogen (secondary N) is 1. The van der Waals surface area contributed by atoms with E-state index in [4.69, 9.17) is 0 Å². The molecule has 0 bridgehead atoms. The monoisotopic (exact) mass is 360 g/mol. The molecule has 0 saturated carbocycles. The zero-order chi connectivity index (χ0) is 19.1. The van der Waals surface area contributed by atoms with Crippen molar-refractivity contribution in [3.63, 3.8) is 0 Å². The van der Waals surface area contributed by atoms with Crippen LogP contribution in [-0.2, 0) is 20.9 Å². The summed E-state index contributed by atoms with van der Waals surface area (Å²) in [7, 11) is 3.96. The van der Waals surface area contributed by atoms with Crippen LogP contribution in [0.5, 0.6) is 0 Å². The van der Waals surface area contributed by atoms with Gasteiger partial charge in [-0.1, -0.05) is 12.1 Å². The van der Waals surface area contributed by atoms with Gasteiger partial charge in [0.25, 0.3) is 0 Å². The van der Waals surface area contributed by atoms with Crippen LogP contribution in [0.25, 0.3) is 0 Å². The Kier molecular flexibility index (Phi) is 7.00. The van der Waals surface area contributed by atoms with Gasteiger partial charge in [-0.15, -0.1) is 0 Å². The molecule has 7 nitrogen and oxygen atoms in total. The molecule has 1 aliphatic rings. The van der Waals surface area contributed by atoms with E-state index in [9.17, 15) is 14.4 Å². The van der Waals surface area contributed by atoms with E-state index in [1.165, 1.54) is 6.92 Å². The van der Waals surface area contributed by atoms with E-state index >= 15 is 0 Å². The fraction of sp³-hybridized carbons (Fsp3) is 0.526. The van der Waals surface area contributed by atoms with Crippen molar-refractivity contribution in [3.05, 3.63) is 29.8 Å². The third kappa shape index (κ3) is 5.75. The molecule has 142 valence electrons. The molecular formula is C19H28N4O3. The van der Waals surface area contributed by atoms with Gasteiger partial charge in [-0.05, 0) is 17.7 Å². The van der Waals surface area contributed by atoms with Gasteiger partial charge in [0.2, 0.25) is 17.7 Å². The minimum Gasteiger partial charge on any atom is -0.378 e. The Labute approximate surface area is 154 Å². The van der Waals surface area contributed by atoms with Gasteiger partial charge in [0.05, 0.1) is 0 Å². The molecule has 3 amide bonds. The largest absolute Gasteiger partial charge is 0.378 e. The Hall–Kier alpha value is -2.57. The highest BCUT2D eigenvalue weighted by Crippen LogP contribution is 2.12. The maximum atomic E-state index is 12.2. The number of carbonyl (C=O) groups excluding carboxylic acids is 3. The van der Waals surface area contributed by atoms with Crippen molar-refractivity contribution in [2.24, 2.45) is 0 Å². The molecular weight excluding hydrogens is 332 g/mol. The highest BCUT2D eigenvalue weighted by Gasteiger charge is 2.22. The fourth-order valence-electron chi connectivity index (χ4n) is 2.85. The standard InChI is InChI=1S/C19H28N4O3/c1-15(24)22-10-12-23(13-11-22)19(26)9-8-18(25)20-14-16-4-6-17(7-5-16)21(2)3/h4-7H,8-14H2,1-3H3,(H,20,25). The summed E-state index contributed by atoms with van der Waals surface area (Å²) in [4.78, 5) is 40.9. The van der Waals surface area contributed by atoms with Crippen molar-refractivity contribution >= 4 is 23.4 Å². The Morgan fingerprint density at radius 1 is 0.962 bits per heavy atom. The molecule has 1 aliphatic heterocycles. The molecule has 1 aromatic carbocycles. The lowest BCUT2D eigenvalue weighted by Gasteiger charge is -2.34. The first kappa shape index (κ1) is 19.8. The van der Waals surface area contributed by atoms with Gasteiger partial charge >= 0.3 is 0 Å². The van der Waals surface area contributed by atoms with Crippen molar-refractivity contribution < 1.29 is 14.4 Å². The van der Waals surface area contributed by atoms with Crippen LogP contribution < -0.4 is 10.2 Å². The number of hydrogen-bond donors (Lipinski definition) is 1. The Morgan fingerprint density at radius 2 is 1.54 bits per heavy atom. The molecule has 1 N–H and O–H groups in total. The maximum absolute atomic E-state index is 12.2. The minimum absolute atomic E-state index is 0.0290. The van der Waals surface area contributed by atoms with Crippen LogP contribution in [0.4, 0.5) is 5.69 Å². The summed E-state index contributed by atoms with van der Waals surface area (Å²) in [5.41, 5.74) is 2.13. The Morgan fingerprint density at radius 3 is 2.08 bits per heavy atom. The highest BCUT2D eigenvalue weighted by molar-refractivity contribution is 5.84. The average molecular weight is 360 g/mol. The smallest absolute Gasteiger partial charge is 0.223 e. The van der Waals surface area contributed by atoms with E-state index < -0.39 is 0 Å². The van der Waals surface area contributed by atoms with Gasteiger partial charge in [0.15, 0.2) is 0 Å². The molecule has 7 heteroatoms. The lowest BCUT2D eigenvalue weighted by atomic mass is 10.2. The van der Waals surface area contributed by atoms with Gasteiger partial charge in [-0.2, -0.15) is 0 Å². The van der Waals surface area contributed by atoms with Crippen molar-refractivity contribution in [2.45, 2.75) is 26.3 Å². The van der Waals surface area contributed by atoms with E-state index in [2.05, 4.69) is 5.32 Å². The molecule has 26 heavy (non-hydrogen) atoms. The van der Waals surface area contributed by atoms with E-state index in [0.717, 1.165) is 11.3 Å². The molecule has 0 aliphatic carbocycles. The predicted molar refractivity (Wildman–Crippen MR) is 101 cm³/mol. The van der Waals surface area contributed by atoms with Crippen LogP contribution in [0.1, 0.15) is 25.3 Å². The van der Waals surface area contributed by atoms with Crippen LogP contribution in [0.15, 0.2) is 24.3 Å². The number of carbonyl (C=O) groups is 3. The molecule has 0 unspecified atom stereocenters. The van der Waals surface area contributed by atoms with Crippen LogP contribution >= 0.6 is 0 Å². The summed E-state index contributed by atoms with van der Waals surface area (Å²) in [5.74, 6) is -0.119. The summed E-state index contributed by atoms with van der Waals surface area (Å²) in [6.07, 6.45) is 0.382. The zero-order valence-electron chi connectivity index (χ0n) is 15.8. The van der Waals surface area contributed by atoms with E-state index in [1.54, 1.807) is 9.80 Å². The topological polar surface area (TPSA) is 73.0 Å². The first-order chi connectivity index (χ1) is 12.4. The lowest BCUT2D eigenvalue weighted by Crippen LogP contribution is -2.50. The maximum Gasteiger partial charge on any atom is 0.223 e. The van der Waals surface area contributed by atoms with Crippen molar-refractivity contribution in [1.82, 2.24) is 15.1 Å². The Balaban J connectivity index is 1.68. The summed E-state index contributed by atoms with van der Waals surface area (Å²) in [6, 6.07) is 7.97. The van der Waals surface area contributed by atoms with Gasteiger partial charge < -0.3 is 20.0 Å². The van der Waals surface area contributed by atoms with Gasteiger partial charge in [-0.3, -0.25) is 14.4 Å². The second kappa shape index (κ2) is 9.22. The first-order valence-electron chi connectivity index (χ1n) is 8.93. The summed E-state index contributed by atoms with van der Waals surface area (Å²) >= 11 is 0. The highest BCUT2D eigenvalue weighted by atomic mass is 16.2. The number of benzene rings is 1. The summed E-state index contributed by atoms with van der Waals surface area (Å²) in [5, 5.41) is 2.85. The molecule has 1 fully saturated rings. The van der Waals surface area contributed by atoms with Crippen LogP contribution in [-0.4, -0.2) is 67.8 Å². The van der Waals surface area contributed by atoms with E-state index in [1.807, 2.05) is 43.3 Å². The van der Waals surface area contributed by atoms with E-state index in [-0.39, 0.29) is 30.6 Å².